The zero-order valence-corrected chi connectivity index (χ0v) is 17.5. The summed E-state index contributed by atoms with van der Waals surface area (Å²) < 4.78 is 0. The number of allylic oxidation sites excluding steroid dienone is 1. The van der Waals surface area contributed by atoms with E-state index in [0.29, 0.717) is 0 Å². The van der Waals surface area contributed by atoms with Crippen LogP contribution in [0.4, 0.5) is 0 Å². The fourth-order valence-electron chi connectivity index (χ4n) is 3.50. The highest BCUT2D eigenvalue weighted by Crippen LogP contribution is 2.36. The van der Waals surface area contributed by atoms with Crippen LogP contribution in [0.5, 0.6) is 11.5 Å². The van der Waals surface area contributed by atoms with Gasteiger partial charge in [0.15, 0.2) is 0 Å². The maximum Gasteiger partial charge on any atom is 0.328 e. The number of unbranched alkanes of at least 4 members (excludes halogenated alkanes) is 1. The molecule has 0 saturated carbocycles. The van der Waals surface area contributed by atoms with Gasteiger partial charge in [0.2, 0.25) is 0 Å². The number of rotatable bonds is 8. The lowest BCUT2D eigenvalue weighted by Crippen LogP contribution is -1.96. The number of phenolic OH excluding ortho intramolecular Hbond substituents is 2. The van der Waals surface area contributed by atoms with Crippen molar-refractivity contribution in [1.29, 1.82) is 0 Å². The summed E-state index contributed by atoms with van der Waals surface area (Å²) in [6.45, 7) is 2.15. The van der Waals surface area contributed by atoms with Crippen molar-refractivity contribution in [2.75, 3.05) is 0 Å². The number of carboxylic acid groups (broad SMARTS) is 1. The average Bonchev–Trinajstić information content (AvgIpc) is 2.77. The standard InChI is InChI=1S/C27H26O4/c1-2-3-4-25(20-8-5-19(6-9-20)7-18-26(30)31)27(21-10-14-23(28)15-11-21)22-12-16-24(29)17-13-22/h5-18,28-29H,2-4H2,1H3,(H,30,31)/b18-7+. The van der Waals surface area contributed by atoms with Gasteiger partial charge in [0.25, 0.3) is 0 Å². The van der Waals surface area contributed by atoms with Crippen molar-refractivity contribution in [3.8, 4) is 11.5 Å². The second kappa shape index (κ2) is 10.3. The Morgan fingerprint density at radius 3 is 1.71 bits per heavy atom. The van der Waals surface area contributed by atoms with Crippen LogP contribution in [0.2, 0.25) is 0 Å². The van der Waals surface area contributed by atoms with E-state index in [1.54, 1.807) is 30.3 Å². The van der Waals surface area contributed by atoms with E-state index in [1.165, 1.54) is 0 Å². The molecule has 0 bridgehead atoms. The van der Waals surface area contributed by atoms with Crippen LogP contribution in [-0.2, 0) is 4.79 Å². The molecule has 0 heterocycles. The molecule has 0 spiro atoms. The molecule has 0 amide bonds. The van der Waals surface area contributed by atoms with Gasteiger partial charge < -0.3 is 15.3 Å². The Balaban J connectivity index is 2.18. The Morgan fingerprint density at radius 2 is 1.26 bits per heavy atom. The molecule has 3 aromatic rings. The molecule has 0 saturated heterocycles. The maximum absolute atomic E-state index is 10.8. The highest BCUT2D eigenvalue weighted by atomic mass is 16.4. The zero-order chi connectivity index (χ0) is 22.2. The molecule has 0 unspecified atom stereocenters. The van der Waals surface area contributed by atoms with E-state index in [1.807, 2.05) is 48.5 Å². The Labute approximate surface area is 182 Å². The molecule has 3 aromatic carbocycles. The lowest BCUT2D eigenvalue weighted by atomic mass is 9.86. The largest absolute Gasteiger partial charge is 0.508 e. The van der Waals surface area contributed by atoms with Gasteiger partial charge in [-0.25, -0.2) is 4.79 Å². The lowest BCUT2D eigenvalue weighted by Gasteiger charge is -2.18. The highest BCUT2D eigenvalue weighted by molar-refractivity contribution is 5.98. The predicted octanol–water partition coefficient (Wildman–Crippen LogP) is 6.34. The zero-order valence-electron chi connectivity index (χ0n) is 17.5. The molecule has 3 N–H and O–H groups in total. The first-order valence-corrected chi connectivity index (χ1v) is 10.3. The van der Waals surface area contributed by atoms with Crippen LogP contribution in [-0.4, -0.2) is 21.3 Å². The molecular weight excluding hydrogens is 388 g/mol. The minimum atomic E-state index is -0.977. The molecule has 158 valence electrons. The molecule has 4 heteroatoms. The van der Waals surface area contributed by atoms with Gasteiger partial charge in [-0.3, -0.25) is 0 Å². The van der Waals surface area contributed by atoms with Gasteiger partial charge in [0.05, 0.1) is 0 Å². The van der Waals surface area contributed by atoms with Crippen LogP contribution in [0.1, 0.15) is 48.4 Å². The molecule has 31 heavy (non-hydrogen) atoms. The second-order valence-corrected chi connectivity index (χ2v) is 7.34. The van der Waals surface area contributed by atoms with Crippen LogP contribution in [0.3, 0.4) is 0 Å². The number of carbonyl (C=O) groups is 1. The number of aromatic hydroxyl groups is 2. The van der Waals surface area contributed by atoms with Crippen molar-refractivity contribution in [2.24, 2.45) is 0 Å². The van der Waals surface area contributed by atoms with Gasteiger partial charge >= 0.3 is 5.97 Å². The van der Waals surface area contributed by atoms with E-state index >= 15 is 0 Å². The van der Waals surface area contributed by atoms with Gasteiger partial charge in [-0.2, -0.15) is 0 Å². The first-order valence-electron chi connectivity index (χ1n) is 10.3. The third-order valence-corrected chi connectivity index (χ3v) is 5.07. The summed E-state index contributed by atoms with van der Waals surface area (Å²) in [7, 11) is 0. The molecule has 0 atom stereocenters. The SMILES string of the molecule is CCCCC(=C(c1ccc(O)cc1)c1ccc(O)cc1)c1ccc(/C=C/C(=O)O)cc1. The maximum atomic E-state index is 10.8. The summed E-state index contributed by atoms with van der Waals surface area (Å²) in [5.74, 6) is -0.563. The van der Waals surface area contributed by atoms with Crippen LogP contribution < -0.4 is 0 Å². The number of aliphatic carboxylic acids is 1. The van der Waals surface area contributed by atoms with Crippen molar-refractivity contribution >= 4 is 23.2 Å². The van der Waals surface area contributed by atoms with Crippen LogP contribution in [0, 0.1) is 0 Å². The van der Waals surface area contributed by atoms with Crippen LogP contribution >= 0.6 is 0 Å². The number of hydrogen-bond acceptors (Lipinski definition) is 3. The number of phenols is 2. The topological polar surface area (TPSA) is 77.8 Å². The number of benzene rings is 3. The second-order valence-electron chi connectivity index (χ2n) is 7.34. The van der Waals surface area contributed by atoms with Gasteiger partial charge in [0.1, 0.15) is 11.5 Å². The lowest BCUT2D eigenvalue weighted by molar-refractivity contribution is -0.131. The third-order valence-electron chi connectivity index (χ3n) is 5.07. The van der Waals surface area contributed by atoms with Gasteiger partial charge in [-0.05, 0) is 76.6 Å². The van der Waals surface area contributed by atoms with Gasteiger partial charge in [0, 0.05) is 6.08 Å². The molecule has 4 nitrogen and oxygen atoms in total. The van der Waals surface area contributed by atoms with Crippen molar-refractivity contribution < 1.29 is 20.1 Å². The van der Waals surface area contributed by atoms with E-state index < -0.39 is 5.97 Å². The summed E-state index contributed by atoms with van der Waals surface area (Å²) in [5.41, 5.74) is 6.03. The summed E-state index contributed by atoms with van der Waals surface area (Å²) >= 11 is 0. The normalized spacial score (nSPS) is 10.9. The molecule has 0 aliphatic rings. The molecule has 0 aliphatic heterocycles. The Hall–Kier alpha value is -3.79. The van der Waals surface area contributed by atoms with Gasteiger partial charge in [-0.15, -0.1) is 0 Å². The molecule has 3 rings (SSSR count). The Morgan fingerprint density at radius 1 is 0.774 bits per heavy atom. The van der Waals surface area contributed by atoms with Crippen LogP contribution in [0.15, 0.2) is 78.9 Å². The quantitative estimate of drug-likeness (QED) is 0.297. The highest BCUT2D eigenvalue weighted by Gasteiger charge is 2.14. The summed E-state index contributed by atoms with van der Waals surface area (Å²) in [6.07, 6.45) is 5.61. The molecular formula is C27H26O4. The van der Waals surface area contributed by atoms with E-state index in [9.17, 15) is 15.0 Å². The average molecular weight is 415 g/mol. The van der Waals surface area contributed by atoms with Gasteiger partial charge in [-0.1, -0.05) is 61.9 Å². The van der Waals surface area contributed by atoms with E-state index in [0.717, 1.165) is 58.7 Å². The van der Waals surface area contributed by atoms with Crippen molar-refractivity contribution in [3.63, 3.8) is 0 Å². The van der Waals surface area contributed by atoms with E-state index in [2.05, 4.69) is 6.92 Å². The minimum absolute atomic E-state index is 0.207. The van der Waals surface area contributed by atoms with Crippen LogP contribution in [0.25, 0.3) is 17.2 Å². The predicted molar refractivity (Wildman–Crippen MR) is 125 cm³/mol. The smallest absolute Gasteiger partial charge is 0.328 e. The molecule has 0 aromatic heterocycles. The van der Waals surface area contributed by atoms with Crippen molar-refractivity contribution in [2.45, 2.75) is 26.2 Å². The summed E-state index contributed by atoms with van der Waals surface area (Å²) in [4.78, 5) is 10.8. The Bertz CT molecular complexity index is 1030. The fourth-order valence-corrected chi connectivity index (χ4v) is 3.50. The monoisotopic (exact) mass is 414 g/mol. The summed E-state index contributed by atoms with van der Waals surface area (Å²) in [6, 6.07) is 22.1. The minimum Gasteiger partial charge on any atom is -0.508 e. The first-order chi connectivity index (χ1) is 15.0. The summed E-state index contributed by atoms with van der Waals surface area (Å²) in [5, 5.41) is 28.4. The molecule has 0 aliphatic carbocycles. The molecule has 0 radical (unpaired) electrons. The third kappa shape index (κ3) is 5.86. The fraction of sp³-hybridized carbons (Fsp3) is 0.148. The number of hydrogen-bond donors (Lipinski definition) is 3. The first kappa shape index (κ1) is 21.9. The number of carboxylic acids is 1. The van der Waals surface area contributed by atoms with E-state index in [-0.39, 0.29) is 11.5 Å². The molecule has 0 fully saturated rings. The Kier molecular flexibility index (Phi) is 7.28. The van der Waals surface area contributed by atoms with Crippen molar-refractivity contribution in [1.82, 2.24) is 0 Å². The van der Waals surface area contributed by atoms with E-state index in [4.69, 9.17) is 5.11 Å². The van der Waals surface area contributed by atoms with Crippen molar-refractivity contribution in [3.05, 3.63) is 101 Å².